The lowest BCUT2D eigenvalue weighted by molar-refractivity contribution is -0.143. The smallest absolute Gasteiger partial charge is 0.274 e. The van der Waals surface area contributed by atoms with E-state index >= 15 is 0 Å². The lowest BCUT2D eigenvalue weighted by Crippen LogP contribution is -2.35. The maximum Gasteiger partial charge on any atom is 0.389 e. The second kappa shape index (κ2) is 4.68. The predicted octanol–water partition coefficient (Wildman–Crippen LogP) is 2.87. The molecule has 2 amide bonds. The van der Waals surface area contributed by atoms with Gasteiger partial charge in [0.1, 0.15) is 0 Å². The van der Waals surface area contributed by atoms with Gasteiger partial charge in [0.05, 0.1) is 11.1 Å². The largest absolute Gasteiger partial charge is 0.389 e. The van der Waals surface area contributed by atoms with Crippen LogP contribution in [0.5, 0.6) is 0 Å². The molecule has 1 heterocycles. The van der Waals surface area contributed by atoms with E-state index in [0.717, 1.165) is 4.90 Å². The summed E-state index contributed by atoms with van der Waals surface area (Å²) in [6, 6.07) is 6.24. The molecule has 1 aromatic rings. The van der Waals surface area contributed by atoms with Crippen LogP contribution in [0.4, 0.5) is 13.2 Å². The summed E-state index contributed by atoms with van der Waals surface area (Å²) in [6.45, 7) is 1.16. The molecule has 0 spiro atoms. The van der Waals surface area contributed by atoms with Crippen LogP contribution in [-0.2, 0) is 0 Å². The summed E-state index contributed by atoms with van der Waals surface area (Å²) in [7, 11) is 0. The van der Waals surface area contributed by atoms with E-state index in [1.807, 2.05) is 0 Å². The van der Waals surface area contributed by atoms with E-state index in [1.54, 1.807) is 12.1 Å². The highest BCUT2D eigenvalue weighted by atomic mass is 19.4. The highest BCUT2D eigenvalue weighted by Crippen LogP contribution is 2.28. The van der Waals surface area contributed by atoms with Gasteiger partial charge in [-0.3, -0.25) is 14.5 Å². The molecule has 0 unspecified atom stereocenters. The Kier molecular flexibility index (Phi) is 3.34. The van der Waals surface area contributed by atoms with Crippen LogP contribution in [-0.4, -0.2) is 29.4 Å². The van der Waals surface area contributed by atoms with Crippen LogP contribution in [0.1, 0.15) is 34.1 Å². The molecule has 0 saturated carbocycles. The van der Waals surface area contributed by atoms with Crippen molar-refractivity contribution in [2.75, 3.05) is 6.54 Å². The molecule has 6 heteroatoms. The minimum Gasteiger partial charge on any atom is -0.274 e. The second-order valence-electron chi connectivity index (χ2n) is 4.69. The number of halogens is 3. The van der Waals surface area contributed by atoms with E-state index in [0.29, 0.717) is 0 Å². The maximum atomic E-state index is 12.2. The number of fused-ring (bicyclic) bond motifs is 1. The fourth-order valence-corrected chi connectivity index (χ4v) is 2.18. The number of benzene rings is 1. The minimum atomic E-state index is -4.29. The van der Waals surface area contributed by atoms with Crippen LogP contribution in [0, 0.1) is 5.92 Å². The van der Waals surface area contributed by atoms with Gasteiger partial charge in [0.15, 0.2) is 0 Å². The number of imide groups is 1. The first-order valence-electron chi connectivity index (χ1n) is 5.81. The van der Waals surface area contributed by atoms with E-state index in [4.69, 9.17) is 0 Å². The minimum absolute atomic E-state index is 0.216. The quantitative estimate of drug-likeness (QED) is 0.793. The van der Waals surface area contributed by atoms with Crippen LogP contribution in [0.3, 0.4) is 0 Å². The zero-order chi connectivity index (χ0) is 14.2. The third-order valence-corrected chi connectivity index (χ3v) is 2.95. The molecule has 0 saturated heterocycles. The number of nitrogens with zero attached hydrogens (tertiary/aromatic N) is 1. The standard InChI is InChI=1S/C13H12F3NO2/c1-8(6-13(14,15)16)7-17-11(18)9-4-2-3-5-10(9)12(17)19/h2-5,8H,6-7H2,1H3/t8-/m1/s1. The van der Waals surface area contributed by atoms with Gasteiger partial charge >= 0.3 is 6.18 Å². The zero-order valence-electron chi connectivity index (χ0n) is 10.2. The fraction of sp³-hybridized carbons (Fsp3) is 0.385. The normalized spacial score (nSPS) is 16.7. The molecular formula is C13H12F3NO2. The molecule has 2 rings (SSSR count). The maximum absolute atomic E-state index is 12.2. The Morgan fingerprint density at radius 2 is 1.58 bits per heavy atom. The van der Waals surface area contributed by atoms with Gasteiger partial charge < -0.3 is 0 Å². The zero-order valence-corrected chi connectivity index (χ0v) is 10.2. The average molecular weight is 271 g/mol. The summed E-state index contributed by atoms with van der Waals surface area (Å²) >= 11 is 0. The average Bonchev–Trinajstić information content (AvgIpc) is 2.53. The van der Waals surface area contributed by atoms with Crippen LogP contribution in [0.2, 0.25) is 0 Å². The molecule has 0 radical (unpaired) electrons. The molecule has 0 aliphatic carbocycles. The van der Waals surface area contributed by atoms with Gasteiger partial charge in [-0.15, -0.1) is 0 Å². The molecule has 0 bridgehead atoms. The SMILES string of the molecule is C[C@@H](CN1C(=O)c2ccccc2C1=O)CC(F)(F)F. The molecule has 1 atom stereocenters. The molecule has 19 heavy (non-hydrogen) atoms. The lowest BCUT2D eigenvalue weighted by atomic mass is 10.1. The molecule has 1 aromatic carbocycles. The van der Waals surface area contributed by atoms with E-state index in [2.05, 4.69) is 0 Å². The van der Waals surface area contributed by atoms with Crippen LogP contribution in [0.25, 0.3) is 0 Å². The van der Waals surface area contributed by atoms with Crippen molar-refractivity contribution < 1.29 is 22.8 Å². The van der Waals surface area contributed by atoms with Gasteiger partial charge in [0.2, 0.25) is 0 Å². The fourth-order valence-electron chi connectivity index (χ4n) is 2.18. The molecule has 1 aliphatic heterocycles. The Morgan fingerprint density at radius 3 is 2.00 bits per heavy atom. The number of amides is 2. The van der Waals surface area contributed by atoms with Crippen LogP contribution in [0.15, 0.2) is 24.3 Å². The van der Waals surface area contributed by atoms with Crippen molar-refractivity contribution >= 4 is 11.8 Å². The summed E-state index contributed by atoms with van der Waals surface area (Å²) in [5, 5.41) is 0. The van der Waals surface area contributed by atoms with Crippen LogP contribution >= 0.6 is 0 Å². The molecule has 102 valence electrons. The highest BCUT2D eigenvalue weighted by Gasteiger charge is 2.38. The van der Waals surface area contributed by atoms with Gasteiger partial charge in [-0.25, -0.2) is 0 Å². The Bertz CT molecular complexity index is 490. The first-order valence-corrected chi connectivity index (χ1v) is 5.81. The van der Waals surface area contributed by atoms with E-state index in [1.165, 1.54) is 19.1 Å². The number of alkyl halides is 3. The van der Waals surface area contributed by atoms with E-state index in [-0.39, 0.29) is 17.7 Å². The summed E-state index contributed by atoms with van der Waals surface area (Å²) in [5.41, 5.74) is 0.512. The molecule has 3 nitrogen and oxygen atoms in total. The van der Waals surface area contributed by atoms with Crippen molar-refractivity contribution in [2.45, 2.75) is 19.5 Å². The summed E-state index contributed by atoms with van der Waals surface area (Å²) in [5.74, 6) is -1.86. The van der Waals surface area contributed by atoms with Gasteiger partial charge in [-0.2, -0.15) is 13.2 Å². The second-order valence-corrected chi connectivity index (χ2v) is 4.69. The van der Waals surface area contributed by atoms with Crippen molar-refractivity contribution in [1.29, 1.82) is 0 Å². The Labute approximate surface area is 108 Å². The predicted molar refractivity (Wildman–Crippen MR) is 61.6 cm³/mol. The van der Waals surface area contributed by atoms with Gasteiger partial charge in [0.25, 0.3) is 11.8 Å². The van der Waals surface area contributed by atoms with Crippen molar-refractivity contribution in [1.82, 2.24) is 4.90 Å². The van der Waals surface area contributed by atoms with Crippen molar-refractivity contribution in [2.24, 2.45) is 5.92 Å². The number of carbonyl (C=O) groups is 2. The van der Waals surface area contributed by atoms with E-state index in [9.17, 15) is 22.8 Å². The van der Waals surface area contributed by atoms with Gasteiger partial charge in [0, 0.05) is 13.0 Å². The first-order chi connectivity index (χ1) is 8.79. The van der Waals surface area contributed by atoms with Crippen molar-refractivity contribution in [3.63, 3.8) is 0 Å². The lowest BCUT2D eigenvalue weighted by Gasteiger charge is -2.20. The summed E-state index contributed by atoms with van der Waals surface area (Å²) < 4.78 is 36.7. The molecular weight excluding hydrogens is 259 g/mol. The number of carbonyl (C=O) groups excluding carboxylic acids is 2. The number of hydrogen-bond acceptors (Lipinski definition) is 2. The monoisotopic (exact) mass is 271 g/mol. The number of rotatable bonds is 3. The van der Waals surface area contributed by atoms with E-state index < -0.39 is 30.3 Å². The van der Waals surface area contributed by atoms with Crippen LogP contribution < -0.4 is 0 Å². The molecule has 0 fully saturated rings. The first kappa shape index (κ1) is 13.6. The Morgan fingerprint density at radius 1 is 1.11 bits per heavy atom. The highest BCUT2D eigenvalue weighted by molar-refractivity contribution is 6.21. The van der Waals surface area contributed by atoms with Crippen molar-refractivity contribution in [3.05, 3.63) is 35.4 Å². The summed E-state index contributed by atoms with van der Waals surface area (Å²) in [4.78, 5) is 24.8. The van der Waals surface area contributed by atoms with Gasteiger partial charge in [-0.1, -0.05) is 19.1 Å². The molecule has 1 aliphatic rings. The van der Waals surface area contributed by atoms with Crippen molar-refractivity contribution in [3.8, 4) is 0 Å². The Balaban J connectivity index is 2.12. The third-order valence-electron chi connectivity index (χ3n) is 2.95. The molecule has 0 aromatic heterocycles. The third kappa shape index (κ3) is 2.77. The topological polar surface area (TPSA) is 37.4 Å². The Hall–Kier alpha value is -1.85. The van der Waals surface area contributed by atoms with Gasteiger partial charge in [-0.05, 0) is 18.1 Å². The number of hydrogen-bond donors (Lipinski definition) is 0. The summed E-state index contributed by atoms with van der Waals surface area (Å²) in [6.07, 6.45) is -5.31. The molecule has 0 N–H and O–H groups in total.